The minimum Gasteiger partial charge on any atom is -0.309 e. The van der Waals surface area contributed by atoms with Gasteiger partial charge < -0.3 is 9.13 Å². The van der Waals surface area contributed by atoms with E-state index in [-0.39, 0.29) is 5.41 Å². The SMILES string of the molecule is CC1(C)c2cc(-n3c4ccccc4c4cc5c6c7ccccc7ccc6n(-c6ccccc6)c5cc43)ccc2-c2cc3ccccc3cc21. The van der Waals surface area contributed by atoms with E-state index in [9.17, 15) is 0 Å². The molecule has 0 spiro atoms. The van der Waals surface area contributed by atoms with Gasteiger partial charge in [0.2, 0.25) is 0 Å². The molecular formula is C47H32N2. The van der Waals surface area contributed by atoms with Crippen LogP contribution in [-0.4, -0.2) is 9.13 Å². The summed E-state index contributed by atoms with van der Waals surface area (Å²) in [5, 5.41) is 10.3. The molecule has 0 saturated heterocycles. The minimum absolute atomic E-state index is 0.114. The molecule has 0 fully saturated rings. The highest BCUT2D eigenvalue weighted by Gasteiger charge is 2.36. The van der Waals surface area contributed by atoms with E-state index >= 15 is 0 Å². The van der Waals surface area contributed by atoms with E-state index in [4.69, 9.17) is 0 Å². The zero-order chi connectivity index (χ0) is 32.4. The summed E-state index contributed by atoms with van der Waals surface area (Å²) in [5.74, 6) is 0. The number of benzene rings is 8. The monoisotopic (exact) mass is 624 g/mol. The van der Waals surface area contributed by atoms with Crippen LogP contribution in [0, 0.1) is 0 Å². The van der Waals surface area contributed by atoms with E-state index in [1.165, 1.54) is 98.8 Å². The van der Waals surface area contributed by atoms with Crippen molar-refractivity contribution in [3.05, 3.63) is 169 Å². The van der Waals surface area contributed by atoms with Gasteiger partial charge in [0.15, 0.2) is 0 Å². The number of para-hydroxylation sites is 2. The van der Waals surface area contributed by atoms with E-state index < -0.39 is 0 Å². The fraction of sp³-hybridized carbons (Fsp3) is 0.0638. The van der Waals surface area contributed by atoms with Gasteiger partial charge in [0.05, 0.1) is 22.1 Å². The summed E-state index contributed by atoms with van der Waals surface area (Å²) in [7, 11) is 0. The summed E-state index contributed by atoms with van der Waals surface area (Å²) < 4.78 is 4.94. The van der Waals surface area contributed by atoms with Crippen LogP contribution in [0.25, 0.3) is 87.7 Å². The van der Waals surface area contributed by atoms with Gasteiger partial charge in [-0.05, 0) is 104 Å². The van der Waals surface area contributed by atoms with Crippen molar-refractivity contribution in [2.45, 2.75) is 19.3 Å². The standard InChI is InChI=1S/C47H32N2/c1-47(2)40-25-31-14-7-6-13-30(31)24-37(40)35-22-21-33(26-41(35)47)49-42-19-11-10-18-36(42)38-27-39-45(28-44(38)49)48(32-15-4-3-5-16-32)43-23-20-29-12-8-9-17-34(29)46(39)43/h3-28H,1-2H3. The molecule has 1 aliphatic carbocycles. The molecule has 230 valence electrons. The van der Waals surface area contributed by atoms with Gasteiger partial charge in [-0.3, -0.25) is 0 Å². The number of hydrogen-bond donors (Lipinski definition) is 0. The predicted molar refractivity (Wildman–Crippen MR) is 208 cm³/mol. The van der Waals surface area contributed by atoms with Gasteiger partial charge in [-0.1, -0.05) is 111 Å². The molecular weight excluding hydrogens is 593 g/mol. The third kappa shape index (κ3) is 3.55. The average molecular weight is 625 g/mol. The Morgan fingerprint density at radius 2 is 1.02 bits per heavy atom. The predicted octanol–water partition coefficient (Wildman–Crippen LogP) is 12.5. The number of nitrogens with zero attached hydrogens (tertiary/aromatic N) is 2. The molecule has 0 saturated carbocycles. The van der Waals surface area contributed by atoms with Crippen molar-refractivity contribution < 1.29 is 0 Å². The van der Waals surface area contributed by atoms with Crippen LogP contribution in [0.4, 0.5) is 0 Å². The molecule has 0 amide bonds. The Bertz CT molecular complexity index is 3010. The first-order valence-electron chi connectivity index (χ1n) is 17.2. The Kier molecular flexibility index (Phi) is 5.21. The van der Waals surface area contributed by atoms with Crippen LogP contribution in [-0.2, 0) is 5.41 Å². The lowest BCUT2D eigenvalue weighted by molar-refractivity contribution is 0.660. The molecule has 0 aliphatic heterocycles. The third-order valence-electron chi connectivity index (χ3n) is 11.2. The maximum atomic E-state index is 2.49. The Balaban J connectivity index is 1.23. The van der Waals surface area contributed by atoms with Crippen LogP contribution in [0.1, 0.15) is 25.0 Å². The summed E-state index contributed by atoms with van der Waals surface area (Å²) in [6.07, 6.45) is 0. The van der Waals surface area contributed by atoms with Gasteiger partial charge in [0, 0.05) is 38.3 Å². The first-order chi connectivity index (χ1) is 24.1. The molecule has 11 rings (SSSR count). The number of hydrogen-bond acceptors (Lipinski definition) is 0. The van der Waals surface area contributed by atoms with Crippen molar-refractivity contribution in [3.63, 3.8) is 0 Å². The van der Waals surface area contributed by atoms with Gasteiger partial charge in [-0.25, -0.2) is 0 Å². The highest BCUT2D eigenvalue weighted by atomic mass is 15.0. The molecule has 0 bridgehead atoms. The van der Waals surface area contributed by atoms with E-state index in [0.29, 0.717) is 0 Å². The molecule has 0 atom stereocenters. The second-order valence-electron chi connectivity index (χ2n) is 14.2. The Morgan fingerprint density at radius 3 is 1.86 bits per heavy atom. The lowest BCUT2D eigenvalue weighted by Crippen LogP contribution is -2.15. The first-order valence-corrected chi connectivity index (χ1v) is 17.2. The number of aromatic nitrogens is 2. The van der Waals surface area contributed by atoms with Crippen LogP contribution in [0.2, 0.25) is 0 Å². The molecule has 10 aromatic rings. The highest BCUT2D eigenvalue weighted by Crippen LogP contribution is 2.51. The first kappa shape index (κ1) is 26.9. The lowest BCUT2D eigenvalue weighted by atomic mass is 9.81. The molecule has 1 aliphatic rings. The molecule has 0 radical (unpaired) electrons. The summed E-state index contributed by atoms with van der Waals surface area (Å²) in [6, 6.07) is 58.6. The van der Waals surface area contributed by atoms with Crippen LogP contribution < -0.4 is 0 Å². The molecule has 0 N–H and O–H groups in total. The molecule has 0 unspecified atom stereocenters. The van der Waals surface area contributed by atoms with Crippen molar-refractivity contribution in [1.82, 2.24) is 9.13 Å². The average Bonchev–Trinajstić information content (AvgIpc) is 3.72. The van der Waals surface area contributed by atoms with Crippen molar-refractivity contribution in [3.8, 4) is 22.5 Å². The molecule has 49 heavy (non-hydrogen) atoms. The van der Waals surface area contributed by atoms with Gasteiger partial charge in [0.25, 0.3) is 0 Å². The van der Waals surface area contributed by atoms with Crippen LogP contribution in [0.3, 0.4) is 0 Å². The Hall–Kier alpha value is -6.12. The second-order valence-corrected chi connectivity index (χ2v) is 14.2. The summed E-state index contributed by atoms with van der Waals surface area (Å²) in [4.78, 5) is 0. The molecule has 2 heterocycles. The van der Waals surface area contributed by atoms with Crippen molar-refractivity contribution >= 4 is 65.2 Å². The van der Waals surface area contributed by atoms with Gasteiger partial charge in [0.1, 0.15) is 0 Å². The Morgan fingerprint density at radius 1 is 0.367 bits per heavy atom. The smallest absolute Gasteiger partial charge is 0.0562 e. The normalized spacial score (nSPS) is 13.7. The maximum Gasteiger partial charge on any atom is 0.0562 e. The van der Waals surface area contributed by atoms with Crippen molar-refractivity contribution in [1.29, 1.82) is 0 Å². The van der Waals surface area contributed by atoms with Gasteiger partial charge in [-0.2, -0.15) is 0 Å². The quantitative estimate of drug-likeness (QED) is 0.181. The largest absolute Gasteiger partial charge is 0.309 e. The fourth-order valence-electron chi connectivity index (χ4n) is 8.93. The second kappa shape index (κ2) is 9.49. The van der Waals surface area contributed by atoms with E-state index in [0.717, 1.165) is 0 Å². The number of rotatable bonds is 2. The van der Waals surface area contributed by atoms with Crippen molar-refractivity contribution in [2.75, 3.05) is 0 Å². The van der Waals surface area contributed by atoms with Crippen LogP contribution >= 0.6 is 0 Å². The summed E-state index contributed by atoms with van der Waals surface area (Å²) >= 11 is 0. The van der Waals surface area contributed by atoms with Crippen LogP contribution in [0.5, 0.6) is 0 Å². The zero-order valence-electron chi connectivity index (χ0n) is 27.4. The summed E-state index contributed by atoms with van der Waals surface area (Å²) in [5.41, 5.74) is 12.6. The van der Waals surface area contributed by atoms with Crippen molar-refractivity contribution in [2.24, 2.45) is 0 Å². The Labute approximate surface area is 284 Å². The number of fused-ring (bicyclic) bond motifs is 12. The van der Waals surface area contributed by atoms with Crippen LogP contribution in [0.15, 0.2) is 158 Å². The maximum absolute atomic E-state index is 2.49. The highest BCUT2D eigenvalue weighted by molar-refractivity contribution is 6.25. The molecule has 2 nitrogen and oxygen atoms in total. The van der Waals surface area contributed by atoms with Gasteiger partial charge >= 0.3 is 0 Å². The van der Waals surface area contributed by atoms with E-state index in [2.05, 4.69) is 181 Å². The van der Waals surface area contributed by atoms with Gasteiger partial charge in [-0.15, -0.1) is 0 Å². The molecule has 8 aromatic carbocycles. The third-order valence-corrected chi connectivity index (χ3v) is 11.2. The lowest BCUT2D eigenvalue weighted by Gasteiger charge is -2.22. The summed E-state index contributed by atoms with van der Waals surface area (Å²) in [6.45, 7) is 4.77. The minimum atomic E-state index is -0.114. The molecule has 2 heteroatoms. The van der Waals surface area contributed by atoms with E-state index in [1.807, 2.05) is 0 Å². The van der Waals surface area contributed by atoms with E-state index in [1.54, 1.807) is 0 Å². The fourth-order valence-corrected chi connectivity index (χ4v) is 8.93. The topological polar surface area (TPSA) is 9.86 Å². The zero-order valence-corrected chi connectivity index (χ0v) is 27.4. The molecule has 2 aromatic heterocycles.